The molecule has 36 heavy (non-hydrogen) atoms. The van der Waals surface area contributed by atoms with Crippen LogP contribution in [0.4, 0.5) is 18.9 Å². The first-order valence-corrected chi connectivity index (χ1v) is 11.8. The molecule has 5 rings (SSSR count). The number of imidazole rings is 1. The SMILES string of the molecule is Cn1cnc(C2CC3CC(O)(c4ncc(OC(F)F)cn4)CC3C2)c1C(=O)Nc1ccc(F)c(Cl)c1. The number of fused-ring (bicyclic) bond motifs is 1. The Hall–Kier alpha value is -3.18. The monoisotopic (exact) mass is 521 g/mol. The largest absolute Gasteiger partial charge is 0.432 e. The smallest absolute Gasteiger partial charge is 0.387 e. The Bertz CT molecular complexity index is 1270. The maximum atomic E-state index is 13.5. The molecule has 8 nitrogen and oxygen atoms in total. The minimum atomic E-state index is -2.97. The number of aliphatic hydroxyl groups is 1. The van der Waals surface area contributed by atoms with E-state index in [0.717, 1.165) is 25.2 Å². The van der Waals surface area contributed by atoms with E-state index in [9.17, 15) is 23.1 Å². The zero-order chi connectivity index (χ0) is 25.6. The van der Waals surface area contributed by atoms with Gasteiger partial charge in [-0.05, 0) is 55.7 Å². The van der Waals surface area contributed by atoms with E-state index in [4.69, 9.17) is 11.6 Å². The van der Waals surface area contributed by atoms with Crippen LogP contribution < -0.4 is 10.1 Å². The minimum Gasteiger partial charge on any atom is -0.432 e. The fraction of sp³-hybridized carbons (Fsp3) is 0.417. The summed E-state index contributed by atoms with van der Waals surface area (Å²) in [7, 11) is 1.73. The van der Waals surface area contributed by atoms with Gasteiger partial charge in [-0.25, -0.2) is 19.3 Å². The van der Waals surface area contributed by atoms with Crippen LogP contribution in [-0.4, -0.2) is 37.1 Å². The molecule has 190 valence electrons. The number of rotatable bonds is 6. The third-order valence-electron chi connectivity index (χ3n) is 7.06. The number of anilines is 1. The molecule has 1 aromatic carbocycles. The molecule has 2 heterocycles. The standard InChI is InChI=1S/C24H23ClF3N5O3/c1-33-11-31-19(20(33)21(34)32-15-2-3-18(26)17(25)6-15)12-4-13-7-24(35,8-14(13)5-12)22-29-9-16(10-30-22)36-23(27)28/h2-3,6,9-14,23,35H,4-5,7-8H2,1H3,(H,32,34). The zero-order valence-electron chi connectivity index (χ0n) is 19.2. The van der Waals surface area contributed by atoms with Gasteiger partial charge < -0.3 is 19.7 Å². The van der Waals surface area contributed by atoms with E-state index in [1.54, 1.807) is 17.9 Å². The molecule has 3 aromatic rings. The second kappa shape index (κ2) is 9.36. The van der Waals surface area contributed by atoms with Gasteiger partial charge in [-0.1, -0.05) is 11.6 Å². The number of ether oxygens (including phenoxy) is 1. The van der Waals surface area contributed by atoms with Crippen molar-refractivity contribution in [1.29, 1.82) is 0 Å². The van der Waals surface area contributed by atoms with Crippen LogP contribution in [0.1, 0.15) is 53.6 Å². The van der Waals surface area contributed by atoms with Crippen LogP contribution in [0.25, 0.3) is 0 Å². The summed E-state index contributed by atoms with van der Waals surface area (Å²) < 4.78 is 44.1. The topological polar surface area (TPSA) is 102 Å². The summed E-state index contributed by atoms with van der Waals surface area (Å²) in [6.45, 7) is -2.97. The van der Waals surface area contributed by atoms with Crippen LogP contribution in [0.5, 0.6) is 5.75 Å². The summed E-state index contributed by atoms with van der Waals surface area (Å²) in [4.78, 5) is 25.7. The van der Waals surface area contributed by atoms with Gasteiger partial charge in [0.25, 0.3) is 5.91 Å². The number of halogens is 4. The number of hydrogen-bond acceptors (Lipinski definition) is 6. The first kappa shape index (κ1) is 24.5. The number of carbonyl (C=O) groups excluding carboxylic acids is 1. The van der Waals surface area contributed by atoms with Gasteiger partial charge in [-0.2, -0.15) is 8.78 Å². The molecule has 2 atom stereocenters. The van der Waals surface area contributed by atoms with Crippen LogP contribution in [-0.2, 0) is 12.6 Å². The van der Waals surface area contributed by atoms with E-state index in [2.05, 4.69) is 25.0 Å². The number of aromatic nitrogens is 4. The van der Waals surface area contributed by atoms with E-state index >= 15 is 0 Å². The van der Waals surface area contributed by atoms with Crippen LogP contribution >= 0.6 is 11.6 Å². The van der Waals surface area contributed by atoms with E-state index in [0.29, 0.717) is 29.9 Å². The van der Waals surface area contributed by atoms with E-state index < -0.39 is 18.0 Å². The van der Waals surface area contributed by atoms with Crippen molar-refractivity contribution in [2.45, 2.75) is 43.8 Å². The highest BCUT2D eigenvalue weighted by Crippen LogP contribution is 2.56. The number of carbonyl (C=O) groups is 1. The Morgan fingerprint density at radius 2 is 1.89 bits per heavy atom. The lowest BCUT2D eigenvalue weighted by atomic mass is 9.91. The predicted octanol–water partition coefficient (Wildman–Crippen LogP) is 4.65. The van der Waals surface area contributed by atoms with E-state index in [-0.39, 0.29) is 40.3 Å². The molecule has 2 aliphatic rings. The zero-order valence-corrected chi connectivity index (χ0v) is 19.9. The molecule has 0 saturated heterocycles. The minimum absolute atomic E-state index is 0.0195. The van der Waals surface area contributed by atoms with E-state index in [1.807, 2.05) is 0 Å². The molecule has 2 N–H and O–H groups in total. The molecule has 2 aromatic heterocycles. The molecule has 0 bridgehead atoms. The quantitative estimate of drug-likeness (QED) is 0.489. The predicted molar refractivity (Wildman–Crippen MR) is 123 cm³/mol. The van der Waals surface area contributed by atoms with Crippen molar-refractivity contribution in [1.82, 2.24) is 19.5 Å². The van der Waals surface area contributed by atoms with Crippen LogP contribution in [0.15, 0.2) is 36.9 Å². The Balaban J connectivity index is 1.28. The summed E-state index contributed by atoms with van der Waals surface area (Å²) >= 11 is 5.83. The van der Waals surface area contributed by atoms with Gasteiger partial charge in [-0.3, -0.25) is 4.79 Å². The molecule has 1 amide bonds. The van der Waals surface area contributed by atoms with Gasteiger partial charge in [0.2, 0.25) is 0 Å². The summed E-state index contributed by atoms with van der Waals surface area (Å²) in [6, 6.07) is 3.97. The van der Waals surface area contributed by atoms with Gasteiger partial charge >= 0.3 is 6.61 Å². The number of hydrogen-bond donors (Lipinski definition) is 2. The number of benzene rings is 1. The Kier molecular flexibility index (Phi) is 6.37. The Labute approximate surface area is 209 Å². The lowest BCUT2D eigenvalue weighted by Gasteiger charge is -2.23. The summed E-state index contributed by atoms with van der Waals surface area (Å²) in [5.74, 6) is -0.586. The first-order chi connectivity index (χ1) is 17.1. The number of nitrogens with one attached hydrogen (secondary N) is 1. The molecule has 0 spiro atoms. The molecule has 12 heteroatoms. The number of nitrogens with zero attached hydrogens (tertiary/aromatic N) is 4. The van der Waals surface area contributed by atoms with Gasteiger partial charge in [0, 0.05) is 18.7 Å². The van der Waals surface area contributed by atoms with Gasteiger partial charge in [0.15, 0.2) is 11.6 Å². The first-order valence-electron chi connectivity index (χ1n) is 11.4. The van der Waals surface area contributed by atoms with Crippen LogP contribution in [0, 0.1) is 17.7 Å². The van der Waals surface area contributed by atoms with E-state index in [1.165, 1.54) is 18.2 Å². The molecular formula is C24H23ClF3N5O3. The average molecular weight is 522 g/mol. The maximum Gasteiger partial charge on any atom is 0.387 e. The van der Waals surface area contributed by atoms with Crippen LogP contribution in [0.2, 0.25) is 5.02 Å². The number of alkyl halides is 2. The Morgan fingerprint density at radius 1 is 1.22 bits per heavy atom. The van der Waals surface area contributed by atoms with Crippen molar-refractivity contribution in [3.05, 3.63) is 65.0 Å². The lowest BCUT2D eigenvalue weighted by Crippen LogP contribution is -2.26. The summed E-state index contributed by atoms with van der Waals surface area (Å²) in [5.41, 5.74) is 0.201. The van der Waals surface area contributed by atoms with Crippen LogP contribution in [0.3, 0.4) is 0 Å². The van der Waals surface area contributed by atoms with Crippen molar-refractivity contribution in [3.63, 3.8) is 0 Å². The molecule has 2 fully saturated rings. The highest BCUT2D eigenvalue weighted by atomic mass is 35.5. The molecule has 2 saturated carbocycles. The number of aryl methyl sites for hydroxylation is 1. The second-order valence-electron chi connectivity index (χ2n) is 9.42. The van der Waals surface area contributed by atoms with Gasteiger partial charge in [0.05, 0.1) is 29.4 Å². The molecule has 0 radical (unpaired) electrons. The van der Waals surface area contributed by atoms with Crippen molar-refractivity contribution in [2.24, 2.45) is 18.9 Å². The molecular weight excluding hydrogens is 499 g/mol. The fourth-order valence-corrected chi connectivity index (χ4v) is 5.76. The van der Waals surface area contributed by atoms with Crippen molar-refractivity contribution in [2.75, 3.05) is 5.32 Å². The average Bonchev–Trinajstić information content (AvgIpc) is 3.47. The third kappa shape index (κ3) is 4.64. The fourth-order valence-electron chi connectivity index (χ4n) is 5.58. The summed E-state index contributed by atoms with van der Waals surface area (Å²) in [5, 5.41) is 13.9. The van der Waals surface area contributed by atoms with Crippen molar-refractivity contribution in [3.8, 4) is 5.75 Å². The van der Waals surface area contributed by atoms with Crippen molar-refractivity contribution < 1.29 is 27.8 Å². The highest BCUT2D eigenvalue weighted by Gasteiger charge is 2.51. The molecule has 2 aliphatic carbocycles. The van der Waals surface area contributed by atoms with Gasteiger partial charge in [-0.15, -0.1) is 0 Å². The third-order valence-corrected chi connectivity index (χ3v) is 7.34. The highest BCUT2D eigenvalue weighted by molar-refractivity contribution is 6.31. The molecule has 0 aliphatic heterocycles. The second-order valence-corrected chi connectivity index (χ2v) is 9.83. The number of amides is 1. The molecule has 2 unspecified atom stereocenters. The Morgan fingerprint density at radius 3 is 2.50 bits per heavy atom. The normalized spacial score (nSPS) is 25.2. The van der Waals surface area contributed by atoms with Gasteiger partial charge in [0.1, 0.15) is 17.1 Å². The summed E-state index contributed by atoms with van der Waals surface area (Å²) in [6.07, 6.45) is 6.14. The lowest BCUT2D eigenvalue weighted by molar-refractivity contribution is -0.0505. The maximum absolute atomic E-state index is 13.5. The van der Waals surface area contributed by atoms with Crippen molar-refractivity contribution >= 4 is 23.2 Å².